The fourth-order valence-corrected chi connectivity index (χ4v) is 3.82. The van der Waals surface area contributed by atoms with Crippen LogP contribution < -0.4 is 10.1 Å². The van der Waals surface area contributed by atoms with Crippen molar-refractivity contribution in [3.63, 3.8) is 0 Å². The Balaban J connectivity index is 1.58. The zero-order valence-corrected chi connectivity index (χ0v) is 17.6. The number of benzene rings is 3. The van der Waals surface area contributed by atoms with E-state index in [4.69, 9.17) is 9.47 Å². The van der Waals surface area contributed by atoms with Crippen LogP contribution in [-0.4, -0.2) is 17.7 Å². The molecule has 154 valence electrons. The van der Waals surface area contributed by atoms with E-state index in [9.17, 15) is 4.79 Å². The fraction of sp³-hybridized carbons (Fsp3) is 0.269. The van der Waals surface area contributed by atoms with E-state index >= 15 is 0 Å². The van der Waals surface area contributed by atoms with Crippen molar-refractivity contribution >= 4 is 6.09 Å². The molecule has 4 rings (SSSR count). The zero-order chi connectivity index (χ0) is 21.1. The van der Waals surface area contributed by atoms with Crippen LogP contribution in [0.5, 0.6) is 5.75 Å². The lowest BCUT2D eigenvalue weighted by Crippen LogP contribution is -2.42. The number of carbonyl (C=O) groups is 1. The molecule has 1 amide bonds. The molecule has 3 aromatic carbocycles. The second kappa shape index (κ2) is 8.23. The highest BCUT2D eigenvalue weighted by Crippen LogP contribution is 2.36. The Labute approximate surface area is 177 Å². The van der Waals surface area contributed by atoms with Gasteiger partial charge in [-0.3, -0.25) is 0 Å². The van der Waals surface area contributed by atoms with Crippen LogP contribution in [0.25, 0.3) is 11.1 Å². The predicted molar refractivity (Wildman–Crippen MR) is 119 cm³/mol. The highest BCUT2D eigenvalue weighted by Gasteiger charge is 2.36. The van der Waals surface area contributed by atoms with Gasteiger partial charge in [0.1, 0.15) is 17.5 Å². The van der Waals surface area contributed by atoms with E-state index in [1.54, 1.807) is 0 Å². The van der Waals surface area contributed by atoms with Gasteiger partial charge in [-0.05, 0) is 61.6 Å². The summed E-state index contributed by atoms with van der Waals surface area (Å²) in [6, 6.07) is 26.3. The van der Waals surface area contributed by atoms with E-state index in [0.29, 0.717) is 6.42 Å². The molecule has 0 bridgehead atoms. The first-order chi connectivity index (χ1) is 14.4. The van der Waals surface area contributed by atoms with Crippen LogP contribution in [0.4, 0.5) is 4.79 Å². The van der Waals surface area contributed by atoms with E-state index in [1.807, 2.05) is 69.3 Å². The molecule has 4 heteroatoms. The van der Waals surface area contributed by atoms with Crippen molar-refractivity contribution in [3.8, 4) is 16.9 Å². The quantitative estimate of drug-likeness (QED) is 0.590. The smallest absolute Gasteiger partial charge is 0.408 e. The maximum atomic E-state index is 12.4. The maximum absolute atomic E-state index is 12.4. The molecule has 0 heterocycles. The predicted octanol–water partition coefficient (Wildman–Crippen LogP) is 5.92. The first-order valence-corrected chi connectivity index (χ1v) is 10.3. The van der Waals surface area contributed by atoms with E-state index in [2.05, 4.69) is 35.6 Å². The molecule has 1 aliphatic carbocycles. The Hall–Kier alpha value is -3.27. The molecule has 0 unspecified atom stereocenters. The van der Waals surface area contributed by atoms with Gasteiger partial charge in [-0.2, -0.15) is 0 Å². The summed E-state index contributed by atoms with van der Waals surface area (Å²) in [5.41, 5.74) is 3.97. The van der Waals surface area contributed by atoms with Crippen molar-refractivity contribution in [2.75, 3.05) is 0 Å². The lowest BCUT2D eigenvalue weighted by molar-refractivity contribution is 0.0456. The Bertz CT molecular complexity index is 1020. The Morgan fingerprint density at radius 3 is 2.37 bits per heavy atom. The van der Waals surface area contributed by atoms with Gasteiger partial charge in [0.2, 0.25) is 0 Å². The van der Waals surface area contributed by atoms with Crippen LogP contribution in [0.1, 0.15) is 38.0 Å². The topological polar surface area (TPSA) is 47.6 Å². The van der Waals surface area contributed by atoms with E-state index in [-0.39, 0.29) is 12.1 Å². The standard InChI is InChI=1S/C26H27NO3/c1-26(2,3)30-25(28)27-23-17-20-12-7-8-15-22(20)24(23)29-21-14-9-13-19(16-21)18-10-5-4-6-11-18/h4-16,23-24H,17H2,1-3H3,(H,27,28)/t23-,24+/m0/s1. The van der Waals surface area contributed by atoms with Crippen molar-refractivity contribution in [2.45, 2.75) is 44.9 Å². The number of rotatable bonds is 4. The molecule has 30 heavy (non-hydrogen) atoms. The third-order valence-electron chi connectivity index (χ3n) is 5.07. The largest absolute Gasteiger partial charge is 0.484 e. The number of hydrogen-bond acceptors (Lipinski definition) is 3. The molecule has 0 aliphatic heterocycles. The SMILES string of the molecule is CC(C)(C)OC(=O)N[C@H]1Cc2ccccc2[C@H]1Oc1cccc(-c2ccccc2)c1. The van der Waals surface area contributed by atoms with Gasteiger partial charge < -0.3 is 14.8 Å². The van der Waals surface area contributed by atoms with Gasteiger partial charge >= 0.3 is 6.09 Å². The van der Waals surface area contributed by atoms with Crippen LogP contribution in [0.2, 0.25) is 0 Å². The van der Waals surface area contributed by atoms with Gasteiger partial charge in [-0.15, -0.1) is 0 Å². The highest BCUT2D eigenvalue weighted by molar-refractivity contribution is 5.69. The second-order valence-electron chi connectivity index (χ2n) is 8.59. The number of nitrogens with one attached hydrogen (secondary N) is 1. The van der Waals surface area contributed by atoms with E-state index < -0.39 is 11.7 Å². The van der Waals surface area contributed by atoms with Gasteiger partial charge in [0.05, 0.1) is 6.04 Å². The summed E-state index contributed by atoms with van der Waals surface area (Å²) in [7, 11) is 0. The summed E-state index contributed by atoms with van der Waals surface area (Å²) >= 11 is 0. The average molecular weight is 402 g/mol. The number of carbonyl (C=O) groups excluding carboxylic acids is 1. The molecule has 0 aromatic heterocycles. The van der Waals surface area contributed by atoms with Crippen molar-refractivity contribution in [1.82, 2.24) is 5.32 Å². The van der Waals surface area contributed by atoms with Crippen LogP contribution >= 0.6 is 0 Å². The average Bonchev–Trinajstić information content (AvgIpc) is 3.04. The summed E-state index contributed by atoms with van der Waals surface area (Å²) < 4.78 is 11.9. The van der Waals surface area contributed by atoms with Crippen molar-refractivity contribution < 1.29 is 14.3 Å². The molecule has 4 nitrogen and oxygen atoms in total. The minimum atomic E-state index is -0.546. The molecule has 2 atom stereocenters. The van der Waals surface area contributed by atoms with E-state index in [0.717, 1.165) is 22.4 Å². The van der Waals surface area contributed by atoms with Gasteiger partial charge in [-0.25, -0.2) is 4.79 Å². The minimum absolute atomic E-state index is 0.197. The van der Waals surface area contributed by atoms with E-state index in [1.165, 1.54) is 5.56 Å². The van der Waals surface area contributed by atoms with Crippen LogP contribution in [0, 0.1) is 0 Å². The van der Waals surface area contributed by atoms with Gasteiger partial charge in [0, 0.05) is 0 Å². The molecular weight excluding hydrogens is 374 g/mol. The Morgan fingerprint density at radius 1 is 0.900 bits per heavy atom. The molecule has 0 saturated carbocycles. The summed E-state index contributed by atoms with van der Waals surface area (Å²) in [6.45, 7) is 5.58. The number of fused-ring (bicyclic) bond motifs is 1. The zero-order valence-electron chi connectivity index (χ0n) is 17.6. The fourth-order valence-electron chi connectivity index (χ4n) is 3.82. The van der Waals surface area contributed by atoms with Crippen LogP contribution in [-0.2, 0) is 11.2 Å². The first kappa shape index (κ1) is 20.0. The molecule has 1 N–H and O–H groups in total. The van der Waals surface area contributed by atoms with Gasteiger partial charge in [-0.1, -0.05) is 66.7 Å². The number of alkyl carbamates (subject to hydrolysis) is 1. The van der Waals surface area contributed by atoms with Crippen molar-refractivity contribution in [2.24, 2.45) is 0 Å². The molecule has 1 aliphatic rings. The molecular formula is C26H27NO3. The monoisotopic (exact) mass is 401 g/mol. The lowest BCUT2D eigenvalue weighted by Gasteiger charge is -2.26. The number of amides is 1. The van der Waals surface area contributed by atoms with Crippen molar-refractivity contribution in [1.29, 1.82) is 0 Å². The van der Waals surface area contributed by atoms with Crippen LogP contribution in [0.3, 0.4) is 0 Å². The summed E-state index contributed by atoms with van der Waals surface area (Å²) in [5.74, 6) is 0.772. The maximum Gasteiger partial charge on any atom is 0.408 e. The molecule has 0 fully saturated rings. The Morgan fingerprint density at radius 2 is 1.60 bits per heavy atom. The van der Waals surface area contributed by atoms with Gasteiger partial charge in [0.15, 0.2) is 0 Å². The van der Waals surface area contributed by atoms with Crippen LogP contribution in [0.15, 0.2) is 78.9 Å². The Kier molecular flexibility index (Phi) is 5.49. The third-order valence-corrected chi connectivity index (χ3v) is 5.07. The molecule has 0 spiro atoms. The third kappa shape index (κ3) is 4.65. The lowest BCUT2D eigenvalue weighted by atomic mass is 10.1. The first-order valence-electron chi connectivity index (χ1n) is 10.3. The molecule has 0 saturated heterocycles. The second-order valence-corrected chi connectivity index (χ2v) is 8.59. The summed E-state index contributed by atoms with van der Waals surface area (Å²) in [5, 5.41) is 3.01. The molecule has 3 aromatic rings. The van der Waals surface area contributed by atoms with Crippen molar-refractivity contribution in [3.05, 3.63) is 90.0 Å². The number of ether oxygens (including phenoxy) is 2. The summed E-state index contributed by atoms with van der Waals surface area (Å²) in [6.07, 6.45) is 0.00466. The highest BCUT2D eigenvalue weighted by atomic mass is 16.6. The normalized spacial score (nSPS) is 17.8. The minimum Gasteiger partial charge on any atom is -0.484 e. The van der Waals surface area contributed by atoms with Gasteiger partial charge in [0.25, 0.3) is 0 Å². The molecule has 0 radical (unpaired) electrons. The number of hydrogen-bond donors (Lipinski definition) is 1. The summed E-state index contributed by atoms with van der Waals surface area (Å²) in [4.78, 5) is 12.4.